The molecule has 7 heteroatoms. The van der Waals surface area contributed by atoms with Crippen molar-refractivity contribution in [2.75, 3.05) is 5.43 Å². The van der Waals surface area contributed by atoms with Crippen LogP contribution in [0.25, 0.3) is 0 Å². The van der Waals surface area contributed by atoms with E-state index in [1.54, 1.807) is 30.5 Å². The highest BCUT2D eigenvalue weighted by Crippen LogP contribution is 2.17. The summed E-state index contributed by atoms with van der Waals surface area (Å²) in [4.78, 5) is 10.3. The number of anilines is 1. The molecule has 0 atom stereocenters. The molecule has 0 aromatic heterocycles. The Morgan fingerprint density at radius 2 is 1.85 bits per heavy atom. The topological polar surface area (TPSA) is 76.8 Å². The fourth-order valence-electron chi connectivity index (χ4n) is 2.30. The maximum Gasteiger partial charge on any atom is 0.271 e. The SMILES string of the molecule is O=[N+]([O-])c1cccc(NN=Cc2cccc(OCc3ccc(F)cc3)c2)c1. The molecule has 0 saturated carbocycles. The van der Waals surface area contributed by atoms with E-state index in [0.29, 0.717) is 18.0 Å². The van der Waals surface area contributed by atoms with Crippen LogP contribution in [0.1, 0.15) is 11.1 Å². The largest absolute Gasteiger partial charge is 0.489 e. The highest BCUT2D eigenvalue weighted by atomic mass is 19.1. The molecule has 0 saturated heterocycles. The number of nitrogens with zero attached hydrogens (tertiary/aromatic N) is 2. The van der Waals surface area contributed by atoms with Crippen LogP contribution in [0.2, 0.25) is 0 Å². The van der Waals surface area contributed by atoms with Crippen molar-refractivity contribution >= 4 is 17.6 Å². The molecule has 0 bridgehead atoms. The monoisotopic (exact) mass is 365 g/mol. The zero-order valence-corrected chi connectivity index (χ0v) is 14.2. The number of nitro groups is 1. The van der Waals surface area contributed by atoms with Gasteiger partial charge in [-0.3, -0.25) is 15.5 Å². The molecule has 27 heavy (non-hydrogen) atoms. The molecule has 6 nitrogen and oxygen atoms in total. The van der Waals surface area contributed by atoms with E-state index >= 15 is 0 Å². The van der Waals surface area contributed by atoms with Gasteiger partial charge in [0.2, 0.25) is 0 Å². The second-order valence-corrected chi connectivity index (χ2v) is 5.67. The fraction of sp³-hybridized carbons (Fsp3) is 0.0500. The molecule has 0 heterocycles. The van der Waals surface area contributed by atoms with Crippen LogP contribution in [0.5, 0.6) is 5.75 Å². The van der Waals surface area contributed by atoms with Gasteiger partial charge in [0, 0.05) is 12.1 Å². The van der Waals surface area contributed by atoms with Crippen molar-refractivity contribution in [1.82, 2.24) is 0 Å². The Hall–Kier alpha value is -3.74. The predicted molar refractivity (Wildman–Crippen MR) is 101 cm³/mol. The summed E-state index contributed by atoms with van der Waals surface area (Å²) in [7, 11) is 0. The number of benzene rings is 3. The van der Waals surface area contributed by atoms with E-state index in [-0.39, 0.29) is 11.5 Å². The van der Waals surface area contributed by atoms with Gasteiger partial charge in [-0.15, -0.1) is 0 Å². The molecule has 3 rings (SSSR count). The molecule has 136 valence electrons. The van der Waals surface area contributed by atoms with Crippen molar-refractivity contribution in [2.45, 2.75) is 6.61 Å². The van der Waals surface area contributed by atoms with E-state index in [1.165, 1.54) is 24.3 Å². The van der Waals surface area contributed by atoms with Gasteiger partial charge in [0.15, 0.2) is 0 Å². The van der Waals surface area contributed by atoms with Crippen LogP contribution in [0, 0.1) is 15.9 Å². The van der Waals surface area contributed by atoms with Crippen LogP contribution in [0.15, 0.2) is 77.9 Å². The van der Waals surface area contributed by atoms with Gasteiger partial charge in [-0.1, -0.05) is 30.3 Å². The summed E-state index contributed by atoms with van der Waals surface area (Å²) in [5, 5.41) is 14.9. The summed E-state index contributed by atoms with van der Waals surface area (Å²) in [6.07, 6.45) is 1.59. The molecular weight excluding hydrogens is 349 g/mol. The first-order chi connectivity index (χ1) is 13.1. The van der Waals surface area contributed by atoms with E-state index in [0.717, 1.165) is 11.1 Å². The maximum atomic E-state index is 12.9. The molecule has 0 aliphatic carbocycles. The minimum Gasteiger partial charge on any atom is -0.489 e. The highest BCUT2D eigenvalue weighted by molar-refractivity contribution is 5.80. The van der Waals surface area contributed by atoms with Gasteiger partial charge >= 0.3 is 0 Å². The minimum absolute atomic E-state index is 0.00797. The quantitative estimate of drug-likeness (QED) is 0.372. The van der Waals surface area contributed by atoms with Crippen LogP contribution in [0.4, 0.5) is 15.8 Å². The summed E-state index contributed by atoms with van der Waals surface area (Å²) < 4.78 is 18.6. The molecule has 0 fully saturated rings. The van der Waals surface area contributed by atoms with E-state index < -0.39 is 4.92 Å². The van der Waals surface area contributed by atoms with Gasteiger partial charge in [-0.2, -0.15) is 5.10 Å². The Kier molecular flexibility index (Phi) is 5.73. The second kappa shape index (κ2) is 8.57. The average molecular weight is 365 g/mol. The van der Waals surface area contributed by atoms with Crippen molar-refractivity contribution in [2.24, 2.45) is 5.10 Å². The van der Waals surface area contributed by atoms with Crippen LogP contribution < -0.4 is 10.2 Å². The van der Waals surface area contributed by atoms with Crippen molar-refractivity contribution in [3.05, 3.63) is 99.9 Å². The number of hydrogen-bond donors (Lipinski definition) is 1. The zero-order chi connectivity index (χ0) is 19.1. The smallest absolute Gasteiger partial charge is 0.271 e. The lowest BCUT2D eigenvalue weighted by Gasteiger charge is -2.07. The number of nitro benzene ring substituents is 1. The van der Waals surface area contributed by atoms with Gasteiger partial charge in [0.25, 0.3) is 5.69 Å². The Bertz CT molecular complexity index is 959. The number of hydrogen-bond acceptors (Lipinski definition) is 5. The molecule has 0 radical (unpaired) electrons. The number of hydrazone groups is 1. The van der Waals surface area contributed by atoms with Crippen LogP contribution >= 0.6 is 0 Å². The van der Waals surface area contributed by atoms with E-state index in [9.17, 15) is 14.5 Å². The first kappa shape index (κ1) is 18.1. The molecule has 3 aromatic rings. The summed E-state index contributed by atoms with van der Waals surface area (Å²) in [5.41, 5.74) is 4.93. The summed E-state index contributed by atoms with van der Waals surface area (Å²) in [6, 6.07) is 19.5. The lowest BCUT2D eigenvalue weighted by Crippen LogP contribution is -1.96. The Balaban J connectivity index is 1.60. The van der Waals surface area contributed by atoms with Crippen LogP contribution in [-0.4, -0.2) is 11.1 Å². The third-order valence-corrected chi connectivity index (χ3v) is 3.64. The highest BCUT2D eigenvalue weighted by Gasteiger charge is 2.04. The first-order valence-electron chi connectivity index (χ1n) is 8.11. The number of halogens is 1. The Morgan fingerprint density at radius 3 is 2.63 bits per heavy atom. The average Bonchev–Trinajstić information content (AvgIpc) is 2.68. The maximum absolute atomic E-state index is 12.9. The summed E-state index contributed by atoms with van der Waals surface area (Å²) in [5.74, 6) is 0.367. The third kappa shape index (κ3) is 5.37. The van der Waals surface area contributed by atoms with Crippen molar-refractivity contribution in [3.8, 4) is 5.75 Å². The molecular formula is C20H16FN3O3. The van der Waals surface area contributed by atoms with Crippen LogP contribution in [0.3, 0.4) is 0 Å². The fourth-order valence-corrected chi connectivity index (χ4v) is 2.30. The van der Waals surface area contributed by atoms with Gasteiger partial charge in [0.1, 0.15) is 18.2 Å². The number of nitrogens with one attached hydrogen (secondary N) is 1. The zero-order valence-electron chi connectivity index (χ0n) is 14.2. The van der Waals surface area contributed by atoms with Crippen molar-refractivity contribution < 1.29 is 14.1 Å². The van der Waals surface area contributed by atoms with Gasteiger partial charge < -0.3 is 4.74 Å². The molecule has 1 N–H and O–H groups in total. The number of non-ortho nitro benzene ring substituents is 1. The lowest BCUT2D eigenvalue weighted by molar-refractivity contribution is -0.384. The molecule has 0 spiro atoms. The van der Waals surface area contributed by atoms with Crippen LogP contribution in [-0.2, 0) is 6.61 Å². The minimum atomic E-state index is -0.461. The van der Waals surface area contributed by atoms with E-state index in [2.05, 4.69) is 10.5 Å². The number of rotatable bonds is 7. The second-order valence-electron chi connectivity index (χ2n) is 5.67. The molecule has 0 amide bonds. The predicted octanol–water partition coefficient (Wildman–Crippen LogP) is 4.76. The standard InChI is InChI=1S/C20H16FN3O3/c21-17-9-7-15(8-10-17)14-27-20-6-1-3-16(11-20)13-22-23-18-4-2-5-19(12-18)24(25)26/h1-13,23H,14H2. The van der Waals surface area contributed by atoms with E-state index in [1.807, 2.05) is 24.3 Å². The summed E-state index contributed by atoms with van der Waals surface area (Å²) >= 11 is 0. The summed E-state index contributed by atoms with van der Waals surface area (Å²) in [6.45, 7) is 0.326. The number of ether oxygens (including phenoxy) is 1. The Labute approximate surface area is 155 Å². The molecule has 3 aromatic carbocycles. The third-order valence-electron chi connectivity index (χ3n) is 3.64. The molecule has 0 unspecified atom stereocenters. The molecule has 0 aliphatic rings. The Morgan fingerprint density at radius 1 is 1.07 bits per heavy atom. The van der Waals surface area contributed by atoms with E-state index in [4.69, 9.17) is 4.74 Å². The molecule has 0 aliphatic heterocycles. The van der Waals surface area contributed by atoms with Gasteiger partial charge in [-0.25, -0.2) is 4.39 Å². The van der Waals surface area contributed by atoms with Crippen molar-refractivity contribution in [3.63, 3.8) is 0 Å². The lowest BCUT2D eigenvalue weighted by atomic mass is 10.2. The van der Waals surface area contributed by atoms with Gasteiger partial charge in [0.05, 0.1) is 16.8 Å². The van der Waals surface area contributed by atoms with Gasteiger partial charge in [-0.05, 0) is 41.5 Å². The first-order valence-corrected chi connectivity index (χ1v) is 8.11. The van der Waals surface area contributed by atoms with Crippen molar-refractivity contribution in [1.29, 1.82) is 0 Å². The normalized spacial score (nSPS) is 10.7.